The van der Waals surface area contributed by atoms with E-state index >= 15 is 0 Å². The van der Waals surface area contributed by atoms with E-state index in [9.17, 15) is 13.2 Å². The SMILES string of the molecule is CCCOc1ccc(-c2cnc(N(C)C(F)(F)F)nc2)cc1. The van der Waals surface area contributed by atoms with Gasteiger partial charge in [-0.3, -0.25) is 4.90 Å². The molecule has 0 saturated carbocycles. The molecule has 0 radical (unpaired) electrons. The zero-order valence-corrected chi connectivity index (χ0v) is 12.3. The summed E-state index contributed by atoms with van der Waals surface area (Å²) in [6.07, 6.45) is -0.845. The standard InChI is InChI=1S/C15H16F3N3O/c1-3-8-22-13-6-4-11(5-7-13)12-9-19-14(20-10-12)21(2)15(16,17)18/h4-7,9-10H,3,8H2,1-2H3. The van der Waals surface area contributed by atoms with Crippen LogP contribution < -0.4 is 9.64 Å². The molecule has 0 aliphatic carbocycles. The van der Waals surface area contributed by atoms with Gasteiger partial charge in [-0.05, 0) is 24.1 Å². The number of ether oxygens (including phenoxy) is 1. The quantitative estimate of drug-likeness (QED) is 0.785. The normalized spacial score (nSPS) is 11.3. The Labute approximate surface area is 126 Å². The van der Waals surface area contributed by atoms with Crippen molar-refractivity contribution in [2.45, 2.75) is 19.6 Å². The van der Waals surface area contributed by atoms with Gasteiger partial charge in [0.15, 0.2) is 0 Å². The topological polar surface area (TPSA) is 38.2 Å². The highest BCUT2D eigenvalue weighted by Crippen LogP contribution is 2.25. The second-order valence-corrected chi connectivity index (χ2v) is 4.67. The molecule has 0 amide bonds. The van der Waals surface area contributed by atoms with Crippen LogP contribution in [0.15, 0.2) is 36.7 Å². The smallest absolute Gasteiger partial charge is 0.487 e. The van der Waals surface area contributed by atoms with E-state index in [0.29, 0.717) is 12.2 Å². The summed E-state index contributed by atoms with van der Waals surface area (Å²) in [5.74, 6) is 0.360. The van der Waals surface area contributed by atoms with E-state index in [-0.39, 0.29) is 10.8 Å². The molecular formula is C15H16F3N3O. The van der Waals surface area contributed by atoms with Crippen LogP contribution in [0.25, 0.3) is 11.1 Å². The predicted molar refractivity (Wildman–Crippen MR) is 77.7 cm³/mol. The molecule has 4 nitrogen and oxygen atoms in total. The minimum absolute atomic E-state index is 0.0679. The summed E-state index contributed by atoms with van der Waals surface area (Å²) < 4.78 is 43.1. The van der Waals surface area contributed by atoms with E-state index in [1.807, 2.05) is 19.1 Å². The average molecular weight is 311 g/mol. The van der Waals surface area contributed by atoms with Gasteiger partial charge in [-0.1, -0.05) is 19.1 Å². The van der Waals surface area contributed by atoms with E-state index in [1.165, 1.54) is 12.4 Å². The first kappa shape index (κ1) is 16.1. The molecule has 0 unspecified atom stereocenters. The predicted octanol–water partition coefficient (Wildman–Crippen LogP) is 3.89. The third-order valence-electron chi connectivity index (χ3n) is 2.98. The number of rotatable bonds is 5. The summed E-state index contributed by atoms with van der Waals surface area (Å²) in [6.45, 7) is 2.66. The molecule has 0 fully saturated rings. The van der Waals surface area contributed by atoms with Crippen LogP contribution in [0.4, 0.5) is 19.1 Å². The first-order chi connectivity index (χ1) is 10.4. The highest BCUT2D eigenvalue weighted by atomic mass is 19.4. The molecule has 1 aromatic heterocycles. The number of benzene rings is 1. The van der Waals surface area contributed by atoms with Crippen molar-refractivity contribution in [1.82, 2.24) is 9.97 Å². The van der Waals surface area contributed by atoms with Gasteiger partial charge >= 0.3 is 6.30 Å². The second-order valence-electron chi connectivity index (χ2n) is 4.67. The average Bonchev–Trinajstić information content (AvgIpc) is 2.52. The lowest BCUT2D eigenvalue weighted by Gasteiger charge is -2.19. The van der Waals surface area contributed by atoms with Gasteiger partial charge in [0, 0.05) is 25.0 Å². The Morgan fingerprint density at radius 1 is 1.05 bits per heavy atom. The van der Waals surface area contributed by atoms with E-state index < -0.39 is 6.30 Å². The van der Waals surface area contributed by atoms with Crippen LogP contribution in [0, 0.1) is 0 Å². The Balaban J connectivity index is 2.13. The molecule has 0 spiro atoms. The van der Waals surface area contributed by atoms with Gasteiger partial charge in [0.2, 0.25) is 5.95 Å². The van der Waals surface area contributed by atoms with Crippen LogP contribution in [0.2, 0.25) is 0 Å². The lowest BCUT2D eigenvalue weighted by molar-refractivity contribution is -0.126. The zero-order chi connectivity index (χ0) is 16.2. The van der Waals surface area contributed by atoms with Crippen molar-refractivity contribution >= 4 is 5.95 Å². The van der Waals surface area contributed by atoms with Crippen molar-refractivity contribution in [3.63, 3.8) is 0 Å². The number of hydrogen-bond acceptors (Lipinski definition) is 4. The van der Waals surface area contributed by atoms with Crippen molar-refractivity contribution < 1.29 is 17.9 Å². The van der Waals surface area contributed by atoms with Gasteiger partial charge < -0.3 is 4.74 Å². The summed E-state index contributed by atoms with van der Waals surface area (Å²) in [5, 5.41) is 0. The van der Waals surface area contributed by atoms with E-state index in [0.717, 1.165) is 24.8 Å². The van der Waals surface area contributed by atoms with Crippen LogP contribution >= 0.6 is 0 Å². The molecule has 118 valence electrons. The number of halogens is 3. The lowest BCUT2D eigenvalue weighted by Crippen LogP contribution is -2.35. The number of anilines is 1. The van der Waals surface area contributed by atoms with Crippen molar-refractivity contribution in [3.8, 4) is 16.9 Å². The molecule has 1 aromatic carbocycles. The third-order valence-corrected chi connectivity index (χ3v) is 2.98. The van der Waals surface area contributed by atoms with Crippen LogP contribution in [0.1, 0.15) is 13.3 Å². The Kier molecular flexibility index (Phi) is 4.85. The molecular weight excluding hydrogens is 295 g/mol. The van der Waals surface area contributed by atoms with Crippen LogP contribution in [0.5, 0.6) is 5.75 Å². The van der Waals surface area contributed by atoms with Gasteiger partial charge in [-0.25, -0.2) is 9.97 Å². The van der Waals surface area contributed by atoms with Crippen molar-refractivity contribution in [3.05, 3.63) is 36.7 Å². The van der Waals surface area contributed by atoms with Crippen molar-refractivity contribution in [2.24, 2.45) is 0 Å². The molecule has 0 N–H and O–H groups in total. The molecule has 22 heavy (non-hydrogen) atoms. The van der Waals surface area contributed by atoms with E-state index in [4.69, 9.17) is 4.74 Å². The molecule has 0 atom stereocenters. The fourth-order valence-electron chi connectivity index (χ4n) is 1.72. The molecule has 0 bridgehead atoms. The van der Waals surface area contributed by atoms with E-state index in [1.54, 1.807) is 12.1 Å². The molecule has 7 heteroatoms. The highest BCUT2D eigenvalue weighted by molar-refractivity contribution is 5.62. The monoisotopic (exact) mass is 311 g/mol. The van der Waals surface area contributed by atoms with Crippen molar-refractivity contribution in [2.75, 3.05) is 18.6 Å². The molecule has 0 saturated heterocycles. The summed E-state index contributed by atoms with van der Waals surface area (Å²) in [5.41, 5.74) is 1.45. The van der Waals surface area contributed by atoms with Gasteiger partial charge in [0.05, 0.1) is 6.61 Å². The fraction of sp³-hybridized carbons (Fsp3) is 0.333. The Morgan fingerprint density at radius 2 is 1.64 bits per heavy atom. The summed E-state index contributed by atoms with van der Waals surface area (Å²) in [7, 11) is 0.884. The van der Waals surface area contributed by atoms with Crippen LogP contribution in [0.3, 0.4) is 0 Å². The summed E-state index contributed by atoms with van der Waals surface area (Å²) in [4.78, 5) is 7.58. The maximum atomic E-state index is 12.5. The number of hydrogen-bond donors (Lipinski definition) is 0. The third kappa shape index (κ3) is 3.87. The van der Waals surface area contributed by atoms with Crippen LogP contribution in [-0.4, -0.2) is 29.9 Å². The molecule has 2 rings (SSSR count). The number of alkyl halides is 3. The molecule has 0 aliphatic heterocycles. The van der Waals surface area contributed by atoms with Gasteiger partial charge in [-0.2, -0.15) is 0 Å². The molecule has 2 aromatic rings. The summed E-state index contributed by atoms with van der Waals surface area (Å²) in [6, 6.07) is 7.25. The Hall–Kier alpha value is -2.31. The molecule has 0 aliphatic rings. The number of aromatic nitrogens is 2. The van der Waals surface area contributed by atoms with Gasteiger partial charge in [0.25, 0.3) is 0 Å². The Morgan fingerprint density at radius 3 is 2.14 bits per heavy atom. The first-order valence-corrected chi connectivity index (χ1v) is 6.77. The summed E-state index contributed by atoms with van der Waals surface area (Å²) >= 11 is 0. The first-order valence-electron chi connectivity index (χ1n) is 6.77. The minimum atomic E-state index is -4.50. The number of nitrogens with zero attached hydrogens (tertiary/aromatic N) is 3. The zero-order valence-electron chi connectivity index (χ0n) is 12.3. The lowest BCUT2D eigenvalue weighted by atomic mass is 10.1. The maximum absolute atomic E-state index is 12.5. The van der Waals surface area contributed by atoms with Crippen molar-refractivity contribution in [1.29, 1.82) is 0 Å². The minimum Gasteiger partial charge on any atom is -0.494 e. The van der Waals surface area contributed by atoms with Crippen LogP contribution in [-0.2, 0) is 0 Å². The van der Waals surface area contributed by atoms with Gasteiger partial charge in [-0.15, -0.1) is 13.2 Å². The maximum Gasteiger partial charge on any atom is 0.487 e. The molecule has 1 heterocycles. The van der Waals surface area contributed by atoms with E-state index in [2.05, 4.69) is 9.97 Å². The fourth-order valence-corrected chi connectivity index (χ4v) is 1.72. The largest absolute Gasteiger partial charge is 0.494 e. The Bertz CT molecular complexity index is 597. The highest BCUT2D eigenvalue weighted by Gasteiger charge is 2.36. The second kappa shape index (κ2) is 6.64. The van der Waals surface area contributed by atoms with Gasteiger partial charge in [0.1, 0.15) is 5.75 Å².